The first-order valence-corrected chi connectivity index (χ1v) is 5.46. The zero-order chi connectivity index (χ0) is 10.8. The van der Waals surface area contributed by atoms with Crippen LogP contribution < -0.4 is 11.1 Å². The summed E-state index contributed by atoms with van der Waals surface area (Å²) < 4.78 is 5.23. The zero-order valence-corrected chi connectivity index (χ0v) is 8.84. The lowest BCUT2D eigenvalue weighted by atomic mass is 10.2. The van der Waals surface area contributed by atoms with Crippen molar-refractivity contribution in [3.63, 3.8) is 0 Å². The topological polar surface area (TPSA) is 84.6 Å². The van der Waals surface area contributed by atoms with E-state index in [9.17, 15) is 4.79 Å². The monoisotopic (exact) mass is 228 g/mol. The molecule has 15 heavy (non-hydrogen) atoms. The fraction of sp³-hybridized carbons (Fsp3) is 0.444. The lowest BCUT2D eigenvalue weighted by Crippen LogP contribution is -2.33. The van der Waals surface area contributed by atoms with E-state index < -0.39 is 5.97 Å². The number of carboxylic acid groups (broad SMARTS) is 1. The minimum Gasteiger partial charge on any atom is -0.477 e. The van der Waals surface area contributed by atoms with Crippen LogP contribution in [0.15, 0.2) is 6.07 Å². The maximum atomic E-state index is 10.7. The Bertz CT molecular complexity index is 373. The van der Waals surface area contributed by atoms with E-state index in [1.807, 2.05) is 0 Å². The number of hydrogen-bond acceptors (Lipinski definition) is 5. The Labute approximate surface area is 90.8 Å². The van der Waals surface area contributed by atoms with E-state index in [0.717, 1.165) is 24.4 Å². The maximum absolute atomic E-state index is 10.7. The van der Waals surface area contributed by atoms with E-state index in [0.29, 0.717) is 17.2 Å². The average Bonchev–Trinajstić information content (AvgIpc) is 2.45. The number of ether oxygens (including phenoxy) is 1. The molecule has 0 aliphatic carbocycles. The first-order valence-electron chi connectivity index (χ1n) is 4.65. The van der Waals surface area contributed by atoms with Crippen LogP contribution in [-0.2, 0) is 4.74 Å². The summed E-state index contributed by atoms with van der Waals surface area (Å²) in [5.41, 5.74) is 6.36. The molecule has 1 aromatic rings. The average molecular weight is 228 g/mol. The van der Waals surface area contributed by atoms with Crippen molar-refractivity contribution in [2.45, 2.75) is 12.5 Å². The third-order valence-corrected chi connectivity index (χ3v) is 3.24. The number of anilines is 2. The minimum absolute atomic E-state index is 0.234. The number of rotatable bonds is 4. The highest BCUT2D eigenvalue weighted by molar-refractivity contribution is 7.18. The molecule has 0 bridgehead atoms. The highest BCUT2D eigenvalue weighted by Crippen LogP contribution is 2.30. The van der Waals surface area contributed by atoms with Gasteiger partial charge in [0.15, 0.2) is 0 Å². The summed E-state index contributed by atoms with van der Waals surface area (Å²) in [5, 5.41) is 12.4. The van der Waals surface area contributed by atoms with Crippen LogP contribution >= 0.6 is 11.3 Å². The van der Waals surface area contributed by atoms with Crippen molar-refractivity contribution >= 4 is 28.0 Å². The molecule has 1 atom stereocenters. The number of nitrogens with one attached hydrogen (secondary N) is 1. The van der Waals surface area contributed by atoms with E-state index in [4.69, 9.17) is 15.6 Å². The van der Waals surface area contributed by atoms with Crippen molar-refractivity contribution in [1.82, 2.24) is 0 Å². The molecule has 0 saturated carbocycles. The summed E-state index contributed by atoms with van der Waals surface area (Å²) in [5.74, 6) is -0.945. The van der Waals surface area contributed by atoms with Crippen molar-refractivity contribution in [2.75, 3.05) is 24.2 Å². The number of thiophene rings is 1. The van der Waals surface area contributed by atoms with Gasteiger partial charge in [-0.1, -0.05) is 0 Å². The van der Waals surface area contributed by atoms with Gasteiger partial charge >= 0.3 is 5.97 Å². The Balaban J connectivity index is 1.97. The first kappa shape index (κ1) is 10.3. The molecule has 0 radical (unpaired) electrons. The highest BCUT2D eigenvalue weighted by atomic mass is 32.1. The Kier molecular flexibility index (Phi) is 2.79. The molecule has 2 rings (SSSR count). The number of aromatic carboxylic acids is 1. The molecule has 82 valence electrons. The van der Waals surface area contributed by atoms with Crippen molar-refractivity contribution in [1.29, 1.82) is 0 Å². The van der Waals surface area contributed by atoms with Gasteiger partial charge in [-0.05, 0) is 12.5 Å². The van der Waals surface area contributed by atoms with Gasteiger partial charge in [-0.25, -0.2) is 4.79 Å². The standard InChI is InChI=1S/C9H12N2O3S/c10-8-6(3-7(15-8)9(12)13)11-4-5-1-2-14-5/h3,5,11H,1-2,4,10H2,(H,12,13)/t5-/m0/s1. The van der Waals surface area contributed by atoms with E-state index in [1.165, 1.54) is 0 Å². The number of carbonyl (C=O) groups is 1. The third-order valence-electron chi connectivity index (χ3n) is 2.29. The molecule has 1 fully saturated rings. The predicted molar refractivity (Wildman–Crippen MR) is 58.5 cm³/mol. The van der Waals surface area contributed by atoms with Crippen LogP contribution in [0.3, 0.4) is 0 Å². The van der Waals surface area contributed by atoms with Gasteiger partial charge in [0.05, 0.1) is 11.8 Å². The second-order valence-electron chi connectivity index (χ2n) is 3.36. The zero-order valence-electron chi connectivity index (χ0n) is 8.03. The van der Waals surface area contributed by atoms with Crippen molar-refractivity contribution in [3.05, 3.63) is 10.9 Å². The van der Waals surface area contributed by atoms with Crippen LogP contribution in [0, 0.1) is 0 Å². The Morgan fingerprint density at radius 2 is 2.53 bits per heavy atom. The number of nitrogens with two attached hydrogens (primary N) is 1. The van der Waals surface area contributed by atoms with E-state index in [2.05, 4.69) is 5.32 Å². The quantitative estimate of drug-likeness (QED) is 0.721. The maximum Gasteiger partial charge on any atom is 0.346 e. The minimum atomic E-state index is -0.945. The van der Waals surface area contributed by atoms with Gasteiger partial charge in [0.25, 0.3) is 0 Å². The molecule has 0 amide bonds. The van der Waals surface area contributed by atoms with Gasteiger partial charge < -0.3 is 20.9 Å². The number of nitrogen functional groups attached to an aromatic ring is 1. The smallest absolute Gasteiger partial charge is 0.346 e. The van der Waals surface area contributed by atoms with Gasteiger partial charge in [-0.15, -0.1) is 11.3 Å². The largest absolute Gasteiger partial charge is 0.477 e. The summed E-state index contributed by atoms with van der Waals surface area (Å²) in [6.45, 7) is 1.49. The second-order valence-corrected chi connectivity index (χ2v) is 4.44. The normalized spacial score (nSPS) is 19.6. The molecular weight excluding hydrogens is 216 g/mol. The summed E-state index contributed by atoms with van der Waals surface area (Å²) in [4.78, 5) is 10.9. The number of hydrogen-bond donors (Lipinski definition) is 3. The van der Waals surface area contributed by atoms with Gasteiger partial charge in [-0.3, -0.25) is 0 Å². The summed E-state index contributed by atoms with van der Waals surface area (Å²) >= 11 is 1.07. The molecule has 1 aliphatic rings. The molecule has 1 aromatic heterocycles. The summed E-state index contributed by atoms with van der Waals surface area (Å²) in [7, 11) is 0. The third kappa shape index (κ3) is 2.21. The molecule has 1 aliphatic heterocycles. The van der Waals surface area contributed by atoms with E-state index in [1.54, 1.807) is 6.07 Å². The van der Waals surface area contributed by atoms with Crippen molar-refractivity contribution in [3.8, 4) is 0 Å². The van der Waals surface area contributed by atoms with Gasteiger partial charge in [-0.2, -0.15) is 0 Å². The molecule has 1 saturated heterocycles. The van der Waals surface area contributed by atoms with E-state index in [-0.39, 0.29) is 11.0 Å². The Morgan fingerprint density at radius 1 is 1.80 bits per heavy atom. The van der Waals surface area contributed by atoms with Gasteiger partial charge in [0, 0.05) is 13.2 Å². The lowest BCUT2D eigenvalue weighted by molar-refractivity contribution is -0.0410. The van der Waals surface area contributed by atoms with Gasteiger partial charge in [0.1, 0.15) is 9.88 Å². The van der Waals surface area contributed by atoms with Crippen molar-refractivity contribution in [2.24, 2.45) is 0 Å². The van der Waals surface area contributed by atoms with Crippen LogP contribution in [0.25, 0.3) is 0 Å². The molecule has 4 N–H and O–H groups in total. The predicted octanol–water partition coefficient (Wildman–Crippen LogP) is 1.23. The fourth-order valence-corrected chi connectivity index (χ4v) is 2.06. The summed E-state index contributed by atoms with van der Waals surface area (Å²) in [6.07, 6.45) is 1.28. The fourth-order valence-electron chi connectivity index (χ4n) is 1.32. The highest BCUT2D eigenvalue weighted by Gasteiger charge is 2.18. The molecular formula is C9H12N2O3S. The van der Waals surface area contributed by atoms with Crippen LogP contribution in [0.1, 0.15) is 16.1 Å². The van der Waals surface area contributed by atoms with Crippen LogP contribution in [0.5, 0.6) is 0 Å². The van der Waals surface area contributed by atoms with Crippen molar-refractivity contribution < 1.29 is 14.6 Å². The molecule has 0 spiro atoms. The molecule has 0 unspecified atom stereocenters. The van der Waals surface area contributed by atoms with Gasteiger partial charge in [0.2, 0.25) is 0 Å². The number of carboxylic acids is 1. The van der Waals surface area contributed by atoms with Crippen LogP contribution in [0.4, 0.5) is 10.7 Å². The second kappa shape index (κ2) is 4.08. The van der Waals surface area contributed by atoms with Crippen LogP contribution in [-0.4, -0.2) is 30.3 Å². The van der Waals surface area contributed by atoms with E-state index >= 15 is 0 Å². The first-order chi connectivity index (χ1) is 7.16. The molecule has 2 heterocycles. The Morgan fingerprint density at radius 3 is 3.00 bits per heavy atom. The molecule has 0 aromatic carbocycles. The Hall–Kier alpha value is -1.27. The summed E-state index contributed by atoms with van der Waals surface area (Å²) in [6, 6.07) is 1.56. The molecule has 6 heteroatoms. The molecule has 5 nitrogen and oxygen atoms in total. The lowest BCUT2D eigenvalue weighted by Gasteiger charge is -2.26. The SMILES string of the molecule is Nc1sc(C(=O)O)cc1NC[C@@H]1CCO1. The van der Waals surface area contributed by atoms with Crippen LogP contribution in [0.2, 0.25) is 0 Å².